The third kappa shape index (κ3) is 5.80. The molecule has 0 aromatic heterocycles. The van der Waals surface area contributed by atoms with Crippen molar-refractivity contribution in [3.05, 3.63) is 100 Å². The van der Waals surface area contributed by atoms with Crippen LogP contribution in [0.3, 0.4) is 0 Å². The quantitative estimate of drug-likeness (QED) is 0.309. The molecule has 0 heterocycles. The van der Waals surface area contributed by atoms with Crippen molar-refractivity contribution in [3.63, 3.8) is 0 Å². The van der Waals surface area contributed by atoms with Crippen molar-refractivity contribution in [2.75, 3.05) is 10.8 Å². The van der Waals surface area contributed by atoms with Gasteiger partial charge in [0.25, 0.3) is 21.6 Å². The van der Waals surface area contributed by atoms with Gasteiger partial charge in [-0.3, -0.25) is 19.2 Å². The van der Waals surface area contributed by atoms with E-state index in [1.807, 2.05) is 6.92 Å². The highest BCUT2D eigenvalue weighted by Gasteiger charge is 2.27. The van der Waals surface area contributed by atoms with Crippen LogP contribution in [0.5, 0.6) is 0 Å². The highest BCUT2D eigenvalue weighted by molar-refractivity contribution is 7.92. The minimum absolute atomic E-state index is 0.0592. The second-order valence-electron chi connectivity index (χ2n) is 7.20. The number of hydrogen-bond donors (Lipinski definition) is 1. The van der Waals surface area contributed by atoms with Crippen LogP contribution in [0, 0.1) is 17.0 Å². The maximum atomic E-state index is 13.3. The van der Waals surface area contributed by atoms with Gasteiger partial charge in [0.1, 0.15) is 6.54 Å². The lowest BCUT2D eigenvalue weighted by molar-refractivity contribution is -0.384. The van der Waals surface area contributed by atoms with Crippen LogP contribution in [0.25, 0.3) is 0 Å². The fourth-order valence-corrected chi connectivity index (χ4v) is 4.39. The van der Waals surface area contributed by atoms with Gasteiger partial charge in [-0.25, -0.2) is 13.8 Å². The van der Waals surface area contributed by atoms with Gasteiger partial charge in [0.15, 0.2) is 0 Å². The number of sulfonamides is 1. The molecule has 0 atom stereocenters. The first-order valence-electron chi connectivity index (χ1n) is 9.91. The summed E-state index contributed by atoms with van der Waals surface area (Å²) in [6, 6.07) is 20.3. The van der Waals surface area contributed by atoms with Gasteiger partial charge in [-0.15, -0.1) is 0 Å². The topological polar surface area (TPSA) is 122 Å². The number of aryl methyl sites for hydroxylation is 1. The van der Waals surface area contributed by atoms with Crippen molar-refractivity contribution in [3.8, 4) is 0 Å². The van der Waals surface area contributed by atoms with Gasteiger partial charge in [0, 0.05) is 12.1 Å². The molecule has 3 rings (SSSR count). The van der Waals surface area contributed by atoms with Gasteiger partial charge in [-0.1, -0.05) is 35.9 Å². The monoisotopic (exact) mass is 466 g/mol. The van der Waals surface area contributed by atoms with E-state index in [1.165, 1.54) is 36.4 Å². The number of rotatable bonds is 8. The smallest absolute Gasteiger partial charge is 0.269 e. The van der Waals surface area contributed by atoms with E-state index in [1.54, 1.807) is 49.4 Å². The number of nitro benzene ring substituents is 1. The highest BCUT2D eigenvalue weighted by Crippen LogP contribution is 2.23. The van der Waals surface area contributed by atoms with Crippen molar-refractivity contribution in [2.45, 2.75) is 18.7 Å². The number of non-ortho nitro benzene ring substituents is 1. The van der Waals surface area contributed by atoms with Crippen molar-refractivity contribution in [1.82, 2.24) is 5.43 Å². The maximum Gasteiger partial charge on any atom is 0.269 e. The molecule has 0 spiro atoms. The number of amides is 1. The summed E-state index contributed by atoms with van der Waals surface area (Å²) < 4.78 is 27.5. The van der Waals surface area contributed by atoms with Crippen LogP contribution >= 0.6 is 0 Å². The van der Waals surface area contributed by atoms with Gasteiger partial charge < -0.3 is 0 Å². The predicted octanol–water partition coefficient (Wildman–Crippen LogP) is 3.64. The Morgan fingerprint density at radius 3 is 2.18 bits per heavy atom. The van der Waals surface area contributed by atoms with Crippen LogP contribution in [0.4, 0.5) is 11.4 Å². The molecule has 0 saturated heterocycles. The van der Waals surface area contributed by atoms with Crippen LogP contribution in [0.2, 0.25) is 0 Å². The molecule has 1 amide bonds. The zero-order valence-electron chi connectivity index (χ0n) is 18.0. The first kappa shape index (κ1) is 23.6. The minimum atomic E-state index is -4.01. The lowest BCUT2D eigenvalue weighted by Crippen LogP contribution is -2.39. The number of carbonyl (C=O) groups excluding carboxylic acids is 1. The lowest BCUT2D eigenvalue weighted by Gasteiger charge is -2.23. The molecule has 0 radical (unpaired) electrons. The Morgan fingerprint density at radius 1 is 1.00 bits per heavy atom. The van der Waals surface area contributed by atoms with E-state index in [-0.39, 0.29) is 10.6 Å². The number of anilines is 1. The molecule has 3 aromatic rings. The molecule has 10 heteroatoms. The van der Waals surface area contributed by atoms with Crippen molar-refractivity contribution < 1.29 is 18.1 Å². The molecule has 0 fully saturated rings. The molecule has 3 aromatic carbocycles. The van der Waals surface area contributed by atoms with Crippen LogP contribution in [-0.4, -0.2) is 31.5 Å². The van der Waals surface area contributed by atoms with E-state index in [2.05, 4.69) is 10.5 Å². The molecule has 170 valence electrons. The third-order valence-corrected chi connectivity index (χ3v) is 6.57. The molecule has 0 aliphatic carbocycles. The Hall–Kier alpha value is -4.05. The Kier molecular flexibility index (Phi) is 7.19. The Labute approximate surface area is 191 Å². The number of hydrogen-bond acceptors (Lipinski definition) is 6. The van der Waals surface area contributed by atoms with Crippen LogP contribution in [0.1, 0.15) is 18.1 Å². The van der Waals surface area contributed by atoms with Gasteiger partial charge in [-0.2, -0.15) is 5.10 Å². The third-order valence-electron chi connectivity index (χ3n) is 4.78. The maximum absolute atomic E-state index is 13.3. The van der Waals surface area contributed by atoms with Gasteiger partial charge >= 0.3 is 0 Å². The summed E-state index contributed by atoms with van der Waals surface area (Å²) in [5.41, 5.74) is 4.58. The molecular weight excluding hydrogens is 444 g/mol. The van der Waals surface area contributed by atoms with E-state index in [0.717, 1.165) is 9.87 Å². The largest absolute Gasteiger partial charge is 0.271 e. The van der Waals surface area contributed by atoms with Crippen molar-refractivity contribution in [2.24, 2.45) is 5.10 Å². The molecule has 1 N–H and O–H groups in total. The Balaban J connectivity index is 1.82. The molecular formula is C23H22N4O5S. The molecule has 0 unspecified atom stereocenters. The first-order valence-corrected chi connectivity index (χ1v) is 11.3. The van der Waals surface area contributed by atoms with Gasteiger partial charge in [0.2, 0.25) is 0 Å². The second kappa shape index (κ2) is 10.0. The zero-order valence-corrected chi connectivity index (χ0v) is 18.8. The second-order valence-corrected chi connectivity index (χ2v) is 9.06. The van der Waals surface area contributed by atoms with Crippen molar-refractivity contribution >= 4 is 33.0 Å². The summed E-state index contributed by atoms with van der Waals surface area (Å²) >= 11 is 0. The van der Waals surface area contributed by atoms with Crippen LogP contribution in [0.15, 0.2) is 88.9 Å². The zero-order chi connectivity index (χ0) is 24.0. The summed E-state index contributed by atoms with van der Waals surface area (Å²) in [5.74, 6) is -0.642. The summed E-state index contributed by atoms with van der Waals surface area (Å²) in [6.45, 7) is 3.01. The van der Waals surface area contributed by atoms with Gasteiger partial charge in [0.05, 0.1) is 21.2 Å². The number of nitrogens with one attached hydrogen (secondary N) is 1. The SMILES string of the molecule is CC(=NNC(=O)CN(c1ccc(C)cc1)S(=O)(=O)c1ccccc1)c1ccc([N+](=O)[O-])cc1. The fraction of sp³-hybridized carbons (Fsp3) is 0.130. The molecule has 0 saturated carbocycles. The molecule has 0 aliphatic heterocycles. The summed E-state index contributed by atoms with van der Waals surface area (Å²) in [4.78, 5) is 23.0. The Morgan fingerprint density at radius 2 is 1.61 bits per heavy atom. The first-order chi connectivity index (χ1) is 15.7. The highest BCUT2D eigenvalue weighted by atomic mass is 32.2. The van der Waals surface area contributed by atoms with Crippen molar-refractivity contribution in [1.29, 1.82) is 0 Å². The number of benzene rings is 3. The number of hydrazone groups is 1. The van der Waals surface area contributed by atoms with Gasteiger partial charge in [-0.05, 0) is 55.8 Å². The standard InChI is InChI=1S/C23H22N4O5S/c1-17-8-12-20(13-9-17)26(33(31,32)22-6-4-3-5-7-22)16-23(28)25-24-18(2)19-10-14-21(15-11-19)27(29)30/h3-15H,16H2,1-2H3,(H,25,28). The molecule has 0 aliphatic rings. The average Bonchev–Trinajstić information content (AvgIpc) is 2.82. The molecule has 9 nitrogen and oxygen atoms in total. The average molecular weight is 467 g/mol. The predicted molar refractivity (Wildman–Crippen MR) is 126 cm³/mol. The van der Waals surface area contributed by atoms with E-state index in [0.29, 0.717) is 17.0 Å². The molecule has 0 bridgehead atoms. The lowest BCUT2D eigenvalue weighted by atomic mass is 10.1. The van der Waals surface area contributed by atoms with Crippen LogP contribution < -0.4 is 9.73 Å². The summed E-state index contributed by atoms with van der Waals surface area (Å²) in [7, 11) is -4.01. The van der Waals surface area contributed by atoms with Crippen LogP contribution in [-0.2, 0) is 14.8 Å². The number of nitrogens with zero attached hydrogens (tertiary/aromatic N) is 3. The minimum Gasteiger partial charge on any atom is -0.271 e. The summed E-state index contributed by atoms with van der Waals surface area (Å²) in [5, 5.41) is 14.8. The van der Waals surface area contributed by atoms with E-state index in [4.69, 9.17) is 0 Å². The van der Waals surface area contributed by atoms with E-state index in [9.17, 15) is 23.3 Å². The normalized spacial score (nSPS) is 11.6. The summed E-state index contributed by atoms with van der Waals surface area (Å²) in [6.07, 6.45) is 0. The Bertz CT molecular complexity index is 1270. The van der Waals surface area contributed by atoms with E-state index < -0.39 is 27.4 Å². The number of carbonyl (C=O) groups is 1. The molecule has 33 heavy (non-hydrogen) atoms. The van der Waals surface area contributed by atoms with E-state index >= 15 is 0 Å². The fourth-order valence-electron chi connectivity index (χ4n) is 2.95. The number of nitro groups is 1.